The van der Waals surface area contributed by atoms with Gasteiger partial charge in [0.05, 0.1) is 15.7 Å². The van der Waals surface area contributed by atoms with Crippen LogP contribution in [-0.4, -0.2) is 16.7 Å². The average molecular weight is 337 g/mol. The second-order valence-corrected chi connectivity index (χ2v) is 6.84. The van der Waals surface area contributed by atoms with Gasteiger partial charge in [-0.3, -0.25) is 0 Å². The molecule has 1 aromatic heterocycles. The van der Waals surface area contributed by atoms with E-state index in [1.54, 1.807) is 12.1 Å². The van der Waals surface area contributed by atoms with E-state index < -0.39 is 0 Å². The molecule has 0 spiro atoms. The molecular weight excluding hydrogens is 325 g/mol. The highest BCUT2D eigenvalue weighted by Crippen LogP contribution is 2.35. The van der Waals surface area contributed by atoms with Crippen LogP contribution in [0.2, 0.25) is 14.5 Å². The van der Waals surface area contributed by atoms with Crippen molar-refractivity contribution >= 4 is 46.1 Å². The molecule has 1 unspecified atom stereocenters. The molecule has 0 amide bonds. The lowest BCUT2D eigenvalue weighted by molar-refractivity contribution is 0.237. The van der Waals surface area contributed by atoms with Crippen LogP contribution in [0.3, 0.4) is 0 Å². The summed E-state index contributed by atoms with van der Waals surface area (Å²) in [5.74, 6) is 0.165. The Morgan fingerprint density at radius 2 is 2.00 bits per heavy atom. The zero-order valence-corrected chi connectivity index (χ0v) is 13.2. The van der Waals surface area contributed by atoms with E-state index in [1.807, 2.05) is 13.0 Å². The highest BCUT2D eigenvalue weighted by molar-refractivity contribution is 7.16. The van der Waals surface area contributed by atoms with Crippen molar-refractivity contribution in [3.63, 3.8) is 0 Å². The van der Waals surface area contributed by atoms with Crippen LogP contribution in [0.4, 0.5) is 0 Å². The van der Waals surface area contributed by atoms with Crippen molar-refractivity contribution < 1.29 is 5.11 Å². The van der Waals surface area contributed by atoms with Gasteiger partial charge in [-0.25, -0.2) is 4.98 Å². The highest BCUT2D eigenvalue weighted by atomic mass is 35.5. The molecule has 6 heteroatoms. The van der Waals surface area contributed by atoms with Gasteiger partial charge in [0.25, 0.3) is 0 Å². The number of aliphatic hydroxyl groups excluding tert-OH is 1. The first-order valence-corrected chi connectivity index (χ1v) is 7.67. The number of aromatic nitrogens is 1. The maximum absolute atomic E-state index is 9.16. The van der Waals surface area contributed by atoms with Gasteiger partial charge in [-0.2, -0.15) is 0 Å². The number of aliphatic hydroxyl groups is 1. The molecule has 1 heterocycles. The largest absolute Gasteiger partial charge is 0.396 e. The van der Waals surface area contributed by atoms with Crippen molar-refractivity contribution in [1.29, 1.82) is 0 Å². The molecule has 19 heavy (non-hydrogen) atoms. The number of hydrogen-bond acceptors (Lipinski definition) is 3. The molecule has 0 fully saturated rings. The maximum Gasteiger partial charge on any atom is 0.184 e. The molecule has 0 saturated heterocycles. The standard InChI is InChI=1S/C13H12Cl3NOS/c1-7(6-18)4-11-12(17-13(16)19-11)8-2-3-9(14)10(15)5-8/h2-3,5,7,18H,4,6H2,1H3. The topological polar surface area (TPSA) is 33.1 Å². The lowest BCUT2D eigenvalue weighted by Crippen LogP contribution is -2.04. The van der Waals surface area contributed by atoms with Crippen molar-refractivity contribution in [1.82, 2.24) is 4.98 Å². The first-order valence-electron chi connectivity index (χ1n) is 5.72. The summed E-state index contributed by atoms with van der Waals surface area (Å²) < 4.78 is 0.487. The Morgan fingerprint density at radius 3 is 2.63 bits per heavy atom. The molecule has 0 aliphatic heterocycles. The average Bonchev–Trinajstić information content (AvgIpc) is 2.73. The Kier molecular flexibility index (Phi) is 5.09. The zero-order chi connectivity index (χ0) is 14.0. The van der Waals surface area contributed by atoms with Crippen LogP contribution in [0.5, 0.6) is 0 Å². The van der Waals surface area contributed by atoms with E-state index in [0.717, 1.165) is 22.6 Å². The minimum Gasteiger partial charge on any atom is -0.396 e. The lowest BCUT2D eigenvalue weighted by Gasteiger charge is -2.08. The normalized spacial score (nSPS) is 12.7. The number of nitrogens with zero attached hydrogens (tertiary/aromatic N) is 1. The fourth-order valence-electron chi connectivity index (χ4n) is 1.71. The smallest absolute Gasteiger partial charge is 0.184 e. The van der Waals surface area contributed by atoms with E-state index in [-0.39, 0.29) is 12.5 Å². The van der Waals surface area contributed by atoms with Crippen LogP contribution in [0.25, 0.3) is 11.3 Å². The second kappa shape index (κ2) is 6.42. The van der Waals surface area contributed by atoms with Crippen LogP contribution in [0.1, 0.15) is 11.8 Å². The Hall–Kier alpha value is -0.320. The van der Waals surface area contributed by atoms with Gasteiger partial charge in [-0.1, -0.05) is 47.8 Å². The Labute approximate surface area is 131 Å². The van der Waals surface area contributed by atoms with Crippen molar-refractivity contribution in [3.05, 3.63) is 37.6 Å². The van der Waals surface area contributed by atoms with Gasteiger partial charge < -0.3 is 5.11 Å². The van der Waals surface area contributed by atoms with Gasteiger partial charge in [-0.15, -0.1) is 11.3 Å². The van der Waals surface area contributed by atoms with Crippen molar-refractivity contribution in [2.24, 2.45) is 5.92 Å². The molecule has 0 saturated carbocycles. The van der Waals surface area contributed by atoms with Crippen molar-refractivity contribution in [2.75, 3.05) is 6.61 Å². The van der Waals surface area contributed by atoms with Gasteiger partial charge in [0.15, 0.2) is 4.47 Å². The van der Waals surface area contributed by atoms with E-state index in [1.165, 1.54) is 11.3 Å². The van der Waals surface area contributed by atoms with Crippen LogP contribution in [0.15, 0.2) is 18.2 Å². The third-order valence-corrected chi connectivity index (χ3v) is 4.63. The zero-order valence-electron chi connectivity index (χ0n) is 10.2. The highest BCUT2D eigenvalue weighted by Gasteiger charge is 2.15. The van der Waals surface area contributed by atoms with Gasteiger partial charge in [0, 0.05) is 17.0 Å². The van der Waals surface area contributed by atoms with Gasteiger partial charge in [0.1, 0.15) is 0 Å². The molecule has 2 rings (SSSR count). The number of thiazole rings is 1. The Balaban J connectivity index is 2.40. The number of halogens is 3. The monoisotopic (exact) mass is 335 g/mol. The summed E-state index contributed by atoms with van der Waals surface area (Å²) in [6.07, 6.45) is 0.733. The summed E-state index contributed by atoms with van der Waals surface area (Å²) in [7, 11) is 0. The van der Waals surface area contributed by atoms with Crippen LogP contribution in [-0.2, 0) is 6.42 Å². The third kappa shape index (κ3) is 3.61. The van der Waals surface area contributed by atoms with Gasteiger partial charge in [-0.05, 0) is 24.5 Å². The number of hydrogen-bond donors (Lipinski definition) is 1. The maximum atomic E-state index is 9.16. The fraction of sp³-hybridized carbons (Fsp3) is 0.308. The molecule has 2 aromatic rings. The molecule has 102 valence electrons. The predicted molar refractivity (Wildman–Crippen MR) is 82.5 cm³/mol. The summed E-state index contributed by atoms with van der Waals surface area (Å²) in [5, 5.41) is 10.2. The molecule has 2 nitrogen and oxygen atoms in total. The van der Waals surface area contributed by atoms with Crippen molar-refractivity contribution in [3.8, 4) is 11.3 Å². The summed E-state index contributed by atoms with van der Waals surface area (Å²) in [5.41, 5.74) is 1.70. The van der Waals surface area contributed by atoms with Gasteiger partial charge in [0.2, 0.25) is 0 Å². The molecule has 0 aliphatic rings. The summed E-state index contributed by atoms with van der Waals surface area (Å²) >= 11 is 19.4. The molecule has 1 atom stereocenters. The van der Waals surface area contributed by atoms with Crippen molar-refractivity contribution in [2.45, 2.75) is 13.3 Å². The first-order chi connectivity index (χ1) is 9.01. The Bertz CT molecular complexity index is 585. The minimum atomic E-state index is 0.135. The fourth-order valence-corrected chi connectivity index (χ4v) is 3.34. The molecule has 1 N–H and O–H groups in total. The summed E-state index contributed by atoms with van der Waals surface area (Å²) in [6, 6.07) is 5.39. The predicted octanol–water partition coefficient (Wildman–Crippen LogP) is 4.94. The minimum absolute atomic E-state index is 0.135. The molecule has 0 aliphatic carbocycles. The molecular formula is C13H12Cl3NOS. The first kappa shape index (κ1) is 15.1. The third-order valence-electron chi connectivity index (χ3n) is 2.71. The quantitative estimate of drug-likeness (QED) is 0.857. The van der Waals surface area contributed by atoms with E-state index in [0.29, 0.717) is 14.5 Å². The van der Waals surface area contributed by atoms with Gasteiger partial charge >= 0.3 is 0 Å². The van der Waals surface area contributed by atoms with Crippen LogP contribution in [0, 0.1) is 5.92 Å². The van der Waals surface area contributed by atoms with E-state index in [2.05, 4.69) is 4.98 Å². The summed E-state index contributed by atoms with van der Waals surface area (Å²) in [6.45, 7) is 2.11. The molecule has 0 bridgehead atoms. The van der Waals surface area contributed by atoms with Crippen LogP contribution < -0.4 is 0 Å². The van der Waals surface area contributed by atoms with E-state index in [4.69, 9.17) is 39.9 Å². The number of rotatable bonds is 4. The Morgan fingerprint density at radius 1 is 1.26 bits per heavy atom. The molecule has 1 aromatic carbocycles. The molecule has 0 radical (unpaired) electrons. The van der Waals surface area contributed by atoms with E-state index in [9.17, 15) is 0 Å². The second-order valence-electron chi connectivity index (χ2n) is 4.36. The number of benzene rings is 1. The van der Waals surface area contributed by atoms with E-state index >= 15 is 0 Å². The lowest BCUT2D eigenvalue weighted by atomic mass is 10.0. The van der Waals surface area contributed by atoms with Crippen LogP contribution >= 0.6 is 46.1 Å². The summed E-state index contributed by atoms with van der Waals surface area (Å²) in [4.78, 5) is 5.39. The SMILES string of the molecule is CC(CO)Cc1sc(Cl)nc1-c1ccc(Cl)c(Cl)c1.